The van der Waals surface area contributed by atoms with Gasteiger partial charge in [0.15, 0.2) is 0 Å². The first-order valence-electron chi connectivity index (χ1n) is 6.38. The number of nitrogens with two attached hydrogens (primary N) is 1. The average molecular weight is 221 g/mol. The van der Waals surface area contributed by atoms with Crippen LogP contribution in [0.5, 0.6) is 0 Å². The molecule has 0 spiro atoms. The van der Waals surface area contributed by atoms with Crippen molar-refractivity contribution in [1.82, 2.24) is 9.78 Å². The Morgan fingerprint density at radius 2 is 2.38 bits per heavy atom. The zero-order valence-corrected chi connectivity index (χ0v) is 10.4. The zero-order valence-electron chi connectivity index (χ0n) is 10.4. The fourth-order valence-corrected chi connectivity index (χ4v) is 2.89. The molecule has 90 valence electrons. The Hall–Kier alpha value is -0.830. The van der Waals surface area contributed by atoms with E-state index >= 15 is 0 Å². The molecule has 16 heavy (non-hydrogen) atoms. The smallest absolute Gasteiger partial charge is 0.0522 e. The van der Waals surface area contributed by atoms with Crippen LogP contribution in [-0.2, 0) is 13.5 Å². The van der Waals surface area contributed by atoms with Crippen molar-refractivity contribution in [1.29, 1.82) is 0 Å². The molecule has 0 radical (unpaired) electrons. The van der Waals surface area contributed by atoms with Gasteiger partial charge in [-0.3, -0.25) is 4.68 Å². The molecule has 3 atom stereocenters. The lowest BCUT2D eigenvalue weighted by molar-refractivity contribution is 0.245. The van der Waals surface area contributed by atoms with Gasteiger partial charge in [-0.2, -0.15) is 5.10 Å². The van der Waals surface area contributed by atoms with Crippen molar-refractivity contribution < 1.29 is 0 Å². The second kappa shape index (κ2) is 5.00. The van der Waals surface area contributed by atoms with Gasteiger partial charge in [0, 0.05) is 19.3 Å². The summed E-state index contributed by atoms with van der Waals surface area (Å²) in [6.45, 7) is 2.35. The molecule has 1 heterocycles. The van der Waals surface area contributed by atoms with Crippen molar-refractivity contribution in [2.75, 3.05) is 0 Å². The predicted octanol–water partition coefficient (Wildman–Crippen LogP) is 2.12. The van der Waals surface area contributed by atoms with E-state index in [0.29, 0.717) is 12.0 Å². The standard InChI is InChI=1S/C13H23N3/c1-10-4-3-5-12(6-10)13(14)7-11-8-15-16(2)9-11/h8-10,12-13H,3-7,14H2,1-2H3. The van der Waals surface area contributed by atoms with Crippen molar-refractivity contribution in [3.8, 4) is 0 Å². The van der Waals surface area contributed by atoms with Gasteiger partial charge in [-0.15, -0.1) is 0 Å². The lowest BCUT2D eigenvalue weighted by atomic mass is 9.77. The quantitative estimate of drug-likeness (QED) is 0.849. The summed E-state index contributed by atoms with van der Waals surface area (Å²) in [4.78, 5) is 0. The molecule has 2 N–H and O–H groups in total. The van der Waals surface area contributed by atoms with Crippen LogP contribution in [0.1, 0.15) is 38.2 Å². The molecule has 0 aromatic carbocycles. The number of hydrogen-bond acceptors (Lipinski definition) is 2. The van der Waals surface area contributed by atoms with Crippen LogP contribution in [0.25, 0.3) is 0 Å². The van der Waals surface area contributed by atoms with E-state index < -0.39 is 0 Å². The molecule has 1 aromatic heterocycles. The van der Waals surface area contributed by atoms with E-state index in [2.05, 4.69) is 18.2 Å². The first-order valence-corrected chi connectivity index (χ1v) is 6.38. The highest BCUT2D eigenvalue weighted by Gasteiger charge is 2.24. The Morgan fingerprint density at radius 1 is 1.56 bits per heavy atom. The summed E-state index contributed by atoms with van der Waals surface area (Å²) in [5.41, 5.74) is 7.59. The summed E-state index contributed by atoms with van der Waals surface area (Å²) in [7, 11) is 1.96. The molecule has 0 saturated heterocycles. The van der Waals surface area contributed by atoms with E-state index in [4.69, 9.17) is 5.73 Å². The van der Waals surface area contributed by atoms with Gasteiger partial charge in [-0.1, -0.05) is 19.8 Å². The van der Waals surface area contributed by atoms with Crippen LogP contribution in [0.4, 0.5) is 0 Å². The highest BCUT2D eigenvalue weighted by molar-refractivity contribution is 5.06. The van der Waals surface area contributed by atoms with Crippen molar-refractivity contribution in [2.24, 2.45) is 24.6 Å². The lowest BCUT2D eigenvalue weighted by Crippen LogP contribution is -2.35. The van der Waals surface area contributed by atoms with Crippen molar-refractivity contribution in [3.05, 3.63) is 18.0 Å². The molecule has 1 aliphatic rings. The van der Waals surface area contributed by atoms with Gasteiger partial charge >= 0.3 is 0 Å². The maximum Gasteiger partial charge on any atom is 0.0522 e. The van der Waals surface area contributed by atoms with E-state index in [1.54, 1.807) is 0 Å². The molecule has 1 aromatic rings. The monoisotopic (exact) mass is 221 g/mol. The minimum absolute atomic E-state index is 0.312. The molecule has 1 fully saturated rings. The van der Waals surface area contributed by atoms with Crippen LogP contribution in [0.2, 0.25) is 0 Å². The summed E-state index contributed by atoms with van der Waals surface area (Å²) in [5.74, 6) is 1.57. The molecule has 3 unspecified atom stereocenters. The molecule has 0 amide bonds. The first kappa shape index (κ1) is 11.6. The van der Waals surface area contributed by atoms with Gasteiger partial charge in [0.2, 0.25) is 0 Å². The van der Waals surface area contributed by atoms with Crippen LogP contribution in [0, 0.1) is 11.8 Å². The Kier molecular flexibility index (Phi) is 3.64. The first-order chi connectivity index (χ1) is 7.65. The zero-order chi connectivity index (χ0) is 11.5. The highest BCUT2D eigenvalue weighted by Crippen LogP contribution is 2.31. The van der Waals surface area contributed by atoms with E-state index in [1.807, 2.05) is 17.9 Å². The Bertz CT molecular complexity index is 332. The predicted molar refractivity (Wildman–Crippen MR) is 66.0 cm³/mol. The van der Waals surface area contributed by atoms with Crippen molar-refractivity contribution >= 4 is 0 Å². The van der Waals surface area contributed by atoms with Gasteiger partial charge in [0.05, 0.1) is 6.20 Å². The van der Waals surface area contributed by atoms with E-state index in [9.17, 15) is 0 Å². The van der Waals surface area contributed by atoms with Gasteiger partial charge in [0.1, 0.15) is 0 Å². The molecule has 0 bridgehead atoms. The lowest BCUT2D eigenvalue weighted by Gasteiger charge is -2.31. The van der Waals surface area contributed by atoms with Gasteiger partial charge in [-0.05, 0) is 36.7 Å². The summed E-state index contributed by atoms with van der Waals surface area (Å²) in [6.07, 6.45) is 10.3. The number of nitrogens with zero attached hydrogens (tertiary/aromatic N) is 2. The minimum Gasteiger partial charge on any atom is -0.327 e. The molecular weight excluding hydrogens is 198 g/mol. The number of aromatic nitrogens is 2. The van der Waals surface area contributed by atoms with Crippen molar-refractivity contribution in [3.63, 3.8) is 0 Å². The molecular formula is C13H23N3. The largest absolute Gasteiger partial charge is 0.327 e. The summed E-state index contributed by atoms with van der Waals surface area (Å²) in [6, 6.07) is 0.312. The minimum atomic E-state index is 0.312. The molecule has 2 rings (SSSR count). The highest BCUT2D eigenvalue weighted by atomic mass is 15.2. The Labute approximate surface area is 98.0 Å². The van der Waals surface area contributed by atoms with Crippen LogP contribution in [-0.4, -0.2) is 15.8 Å². The van der Waals surface area contributed by atoms with Crippen LogP contribution in [0.15, 0.2) is 12.4 Å². The summed E-state index contributed by atoms with van der Waals surface area (Å²) >= 11 is 0. The Morgan fingerprint density at radius 3 is 3.00 bits per heavy atom. The van der Waals surface area contributed by atoms with Gasteiger partial charge in [-0.25, -0.2) is 0 Å². The molecule has 1 saturated carbocycles. The molecule has 3 heteroatoms. The maximum absolute atomic E-state index is 6.31. The summed E-state index contributed by atoms with van der Waals surface area (Å²) < 4.78 is 1.85. The second-order valence-electron chi connectivity index (χ2n) is 5.42. The average Bonchev–Trinajstić information content (AvgIpc) is 2.64. The fourth-order valence-electron chi connectivity index (χ4n) is 2.89. The number of rotatable bonds is 3. The molecule has 1 aliphatic carbocycles. The van der Waals surface area contributed by atoms with E-state index in [0.717, 1.165) is 12.3 Å². The normalized spacial score (nSPS) is 27.9. The van der Waals surface area contributed by atoms with Gasteiger partial charge in [0.25, 0.3) is 0 Å². The van der Waals surface area contributed by atoms with E-state index in [-0.39, 0.29) is 0 Å². The van der Waals surface area contributed by atoms with Crippen LogP contribution >= 0.6 is 0 Å². The van der Waals surface area contributed by atoms with Crippen LogP contribution < -0.4 is 5.73 Å². The second-order valence-corrected chi connectivity index (χ2v) is 5.42. The van der Waals surface area contributed by atoms with Crippen LogP contribution in [0.3, 0.4) is 0 Å². The molecule has 0 aliphatic heterocycles. The summed E-state index contributed by atoms with van der Waals surface area (Å²) in [5, 5.41) is 4.19. The Balaban J connectivity index is 1.89. The molecule has 3 nitrogen and oxygen atoms in total. The number of aryl methyl sites for hydroxylation is 1. The SMILES string of the molecule is CC1CCCC(C(N)Cc2cnn(C)c2)C1. The third kappa shape index (κ3) is 2.85. The third-order valence-corrected chi connectivity index (χ3v) is 3.81. The maximum atomic E-state index is 6.31. The topological polar surface area (TPSA) is 43.8 Å². The number of hydrogen-bond donors (Lipinski definition) is 1. The fraction of sp³-hybridized carbons (Fsp3) is 0.769. The van der Waals surface area contributed by atoms with Gasteiger partial charge < -0.3 is 5.73 Å². The third-order valence-electron chi connectivity index (χ3n) is 3.81. The van der Waals surface area contributed by atoms with E-state index in [1.165, 1.54) is 31.2 Å². The van der Waals surface area contributed by atoms with Crippen molar-refractivity contribution in [2.45, 2.75) is 45.1 Å².